The van der Waals surface area contributed by atoms with Crippen LogP contribution >= 0.6 is 7.82 Å². The number of hydrogen-bond acceptors (Lipinski definition) is 9. The van der Waals surface area contributed by atoms with Gasteiger partial charge >= 0.3 is 25.7 Å². The number of unbranched alkanes of at least 4 members (excludes halogenated alkanes) is 22. The van der Waals surface area contributed by atoms with Gasteiger partial charge in [-0.25, -0.2) is 4.57 Å². The molecule has 52 heavy (non-hydrogen) atoms. The minimum atomic E-state index is -4.71. The second-order valence-electron chi connectivity index (χ2n) is 13.9. The number of hydrogen-bond donors (Lipinski definition) is 3. The molecule has 0 rings (SSSR count). The minimum absolute atomic E-state index is 0.158. The molecule has 3 atom stereocenters. The van der Waals surface area contributed by atoms with Crippen LogP contribution in [0.1, 0.15) is 180 Å². The van der Waals surface area contributed by atoms with Gasteiger partial charge in [0.05, 0.1) is 13.2 Å². The van der Waals surface area contributed by atoms with Gasteiger partial charge in [-0.3, -0.25) is 23.4 Å². The topological polar surface area (TPSA) is 172 Å². The van der Waals surface area contributed by atoms with Crippen LogP contribution in [0.4, 0.5) is 0 Å². The van der Waals surface area contributed by atoms with Crippen molar-refractivity contribution in [2.45, 2.75) is 192 Å². The van der Waals surface area contributed by atoms with E-state index in [1.807, 2.05) is 6.08 Å². The first-order valence-electron chi connectivity index (χ1n) is 20.3. The van der Waals surface area contributed by atoms with Gasteiger partial charge in [-0.05, 0) is 51.4 Å². The van der Waals surface area contributed by atoms with Crippen LogP contribution in [-0.4, -0.2) is 59.9 Å². The normalized spacial score (nSPS) is 13.8. The molecule has 0 spiro atoms. The predicted octanol–water partition coefficient (Wildman–Crippen LogP) is 10.3. The van der Waals surface area contributed by atoms with Crippen LogP contribution in [0.5, 0.6) is 0 Å². The summed E-state index contributed by atoms with van der Waals surface area (Å²) in [5.74, 6) is -2.40. The highest BCUT2D eigenvalue weighted by Gasteiger charge is 2.28. The van der Waals surface area contributed by atoms with Gasteiger partial charge in [0.2, 0.25) is 0 Å². The van der Waals surface area contributed by atoms with E-state index in [2.05, 4.69) is 30.2 Å². The fourth-order valence-corrected chi connectivity index (χ4v) is 6.35. The molecule has 0 aromatic heterocycles. The van der Waals surface area contributed by atoms with Gasteiger partial charge < -0.3 is 25.2 Å². The van der Waals surface area contributed by atoms with Crippen molar-refractivity contribution in [2.24, 2.45) is 5.73 Å². The summed E-state index contributed by atoms with van der Waals surface area (Å²) in [7, 11) is -4.71. The number of phosphoric ester groups is 1. The summed E-state index contributed by atoms with van der Waals surface area (Å²) < 4.78 is 32.6. The molecule has 11 nitrogen and oxygen atoms in total. The number of phosphoric acid groups is 1. The van der Waals surface area contributed by atoms with E-state index in [1.54, 1.807) is 0 Å². The number of carboxylic acids is 1. The van der Waals surface area contributed by atoms with Gasteiger partial charge in [-0.1, -0.05) is 134 Å². The predicted molar refractivity (Wildman–Crippen MR) is 208 cm³/mol. The molecule has 0 heterocycles. The highest BCUT2D eigenvalue weighted by Crippen LogP contribution is 2.43. The number of carbonyl (C=O) groups excluding carboxylic acids is 2. The molecule has 0 aromatic carbocycles. The molecule has 304 valence electrons. The molecule has 0 aromatic rings. The van der Waals surface area contributed by atoms with Crippen LogP contribution in [0, 0.1) is 0 Å². The van der Waals surface area contributed by atoms with Crippen molar-refractivity contribution in [3.05, 3.63) is 24.8 Å². The van der Waals surface area contributed by atoms with E-state index >= 15 is 0 Å². The molecule has 1 unspecified atom stereocenters. The van der Waals surface area contributed by atoms with Crippen LogP contribution in [0.25, 0.3) is 0 Å². The van der Waals surface area contributed by atoms with Crippen LogP contribution < -0.4 is 5.73 Å². The Kier molecular flexibility index (Phi) is 34.6. The average molecular weight is 760 g/mol. The molecule has 0 bridgehead atoms. The lowest BCUT2D eigenvalue weighted by Crippen LogP contribution is -2.34. The molecule has 4 N–H and O–H groups in total. The maximum atomic E-state index is 12.6. The van der Waals surface area contributed by atoms with Crippen molar-refractivity contribution >= 4 is 25.7 Å². The Bertz CT molecular complexity index is 976. The van der Waals surface area contributed by atoms with Crippen LogP contribution in [-0.2, 0) is 37.5 Å². The zero-order chi connectivity index (χ0) is 38.5. The molecule has 0 radical (unpaired) electrons. The number of nitrogens with two attached hydrogens (primary N) is 1. The average Bonchev–Trinajstić information content (AvgIpc) is 3.12. The Morgan fingerprint density at radius 2 is 1.06 bits per heavy atom. The summed E-state index contributed by atoms with van der Waals surface area (Å²) in [6.45, 7) is 4.29. The lowest BCUT2D eigenvalue weighted by Gasteiger charge is -2.20. The lowest BCUT2D eigenvalue weighted by atomic mass is 10.0. The number of allylic oxidation sites excluding steroid dienone is 3. The number of carbonyl (C=O) groups is 3. The van der Waals surface area contributed by atoms with Crippen LogP contribution in [0.3, 0.4) is 0 Å². The highest BCUT2D eigenvalue weighted by atomic mass is 31.2. The highest BCUT2D eigenvalue weighted by molar-refractivity contribution is 7.47. The maximum absolute atomic E-state index is 12.6. The number of rotatable bonds is 39. The number of aliphatic carboxylic acids is 1. The molecule has 0 aliphatic heterocycles. The standard InChI is InChI=1S/C40H74NO10P/c1-3-5-7-9-11-13-15-17-18-20-22-24-26-28-30-32-39(43)51-36(34-49-52(46,47)50-35-37(41)40(44)45)33-48-38(42)31-29-27-25-23-21-19-16-14-12-10-8-6-4-2/h3,19,21,36-37H,1,4-18,20,22-35,41H2,2H3,(H,44,45)(H,46,47)/b21-19+/t36-,37+/m1/s1. The smallest absolute Gasteiger partial charge is 0.472 e. The number of esters is 2. The summed E-state index contributed by atoms with van der Waals surface area (Å²) in [5.41, 5.74) is 5.32. The number of carboxylic acid groups (broad SMARTS) is 1. The van der Waals surface area contributed by atoms with Crippen molar-refractivity contribution in [1.82, 2.24) is 0 Å². The van der Waals surface area contributed by atoms with E-state index in [0.717, 1.165) is 51.4 Å². The first kappa shape index (κ1) is 50.0. The largest absolute Gasteiger partial charge is 0.480 e. The third-order valence-corrected chi connectivity index (χ3v) is 9.77. The molecule has 0 saturated carbocycles. The van der Waals surface area contributed by atoms with Gasteiger partial charge in [-0.2, -0.15) is 0 Å². The molecule has 0 amide bonds. The van der Waals surface area contributed by atoms with Gasteiger partial charge in [0.15, 0.2) is 6.10 Å². The zero-order valence-corrected chi connectivity index (χ0v) is 33.4. The third kappa shape index (κ3) is 35.0. The first-order valence-corrected chi connectivity index (χ1v) is 21.8. The van der Waals surface area contributed by atoms with E-state index in [9.17, 15) is 23.8 Å². The summed E-state index contributed by atoms with van der Waals surface area (Å²) in [5, 5.41) is 8.87. The van der Waals surface area contributed by atoms with Crippen molar-refractivity contribution in [3.63, 3.8) is 0 Å². The Hall–Kier alpha value is -2.04. The third-order valence-electron chi connectivity index (χ3n) is 8.82. The Balaban J connectivity index is 4.40. The second kappa shape index (κ2) is 36.0. The summed E-state index contributed by atoms with van der Waals surface area (Å²) in [6.07, 6.45) is 34.2. The molecule has 0 aliphatic carbocycles. The Labute approximate surface area is 315 Å². The number of ether oxygens (including phenoxy) is 2. The minimum Gasteiger partial charge on any atom is -0.480 e. The SMILES string of the molecule is C=CCCCCCCCCCCCCCCCC(=O)O[C@H](COC(=O)CCCCC/C=C/CCCCCCCC)COP(=O)(O)OC[C@H](N)C(=O)O. The Morgan fingerprint density at radius 3 is 1.56 bits per heavy atom. The maximum Gasteiger partial charge on any atom is 0.472 e. The van der Waals surface area contributed by atoms with Gasteiger partial charge in [-0.15, -0.1) is 6.58 Å². The molecule has 0 fully saturated rings. The van der Waals surface area contributed by atoms with Gasteiger partial charge in [0.1, 0.15) is 12.6 Å². The van der Waals surface area contributed by atoms with Crippen LogP contribution in [0.2, 0.25) is 0 Å². The van der Waals surface area contributed by atoms with E-state index < -0.39 is 51.1 Å². The zero-order valence-electron chi connectivity index (χ0n) is 32.5. The van der Waals surface area contributed by atoms with E-state index in [4.69, 9.17) is 24.8 Å². The second-order valence-corrected chi connectivity index (χ2v) is 15.3. The summed E-state index contributed by atoms with van der Waals surface area (Å²) in [4.78, 5) is 45.8. The van der Waals surface area contributed by atoms with Crippen molar-refractivity contribution in [3.8, 4) is 0 Å². The quantitative estimate of drug-likeness (QED) is 0.0236. The van der Waals surface area contributed by atoms with Crippen LogP contribution in [0.15, 0.2) is 24.8 Å². The van der Waals surface area contributed by atoms with Gasteiger partial charge in [0, 0.05) is 12.8 Å². The molecule has 0 saturated heterocycles. The fraction of sp³-hybridized carbons (Fsp3) is 0.825. The fourth-order valence-electron chi connectivity index (χ4n) is 5.57. The molecular weight excluding hydrogens is 685 g/mol. The van der Waals surface area contributed by atoms with E-state index in [-0.39, 0.29) is 19.4 Å². The van der Waals surface area contributed by atoms with E-state index in [1.165, 1.54) is 96.3 Å². The molecule has 12 heteroatoms. The van der Waals surface area contributed by atoms with Crippen molar-refractivity contribution < 1.29 is 47.5 Å². The lowest BCUT2D eigenvalue weighted by molar-refractivity contribution is -0.161. The van der Waals surface area contributed by atoms with Crippen molar-refractivity contribution in [2.75, 3.05) is 19.8 Å². The summed E-state index contributed by atoms with van der Waals surface area (Å²) >= 11 is 0. The van der Waals surface area contributed by atoms with E-state index in [0.29, 0.717) is 12.8 Å². The van der Waals surface area contributed by atoms with Crippen molar-refractivity contribution in [1.29, 1.82) is 0 Å². The molecule has 0 aliphatic rings. The Morgan fingerprint density at radius 1 is 0.635 bits per heavy atom. The first-order chi connectivity index (χ1) is 25.1. The summed E-state index contributed by atoms with van der Waals surface area (Å²) in [6, 6.07) is -1.52. The van der Waals surface area contributed by atoms with Gasteiger partial charge in [0.25, 0.3) is 0 Å². The molecular formula is C40H74NO10P. The monoisotopic (exact) mass is 760 g/mol.